The number of nitrogens with zero attached hydrogens (tertiary/aromatic N) is 2. The van der Waals surface area contributed by atoms with Crippen molar-refractivity contribution in [1.82, 2.24) is 0 Å². The fourth-order valence-electron chi connectivity index (χ4n) is 7.39. The lowest BCUT2D eigenvalue weighted by Crippen LogP contribution is -2.75. The minimum Gasteiger partial charge on any atom is -0.289 e. The number of hydrogen-bond acceptors (Lipinski definition) is 5. The SMILES string of the molecule is FC(F)(F)c1cc([B-](c2cc(C(F)(F)F)cc(C(F)(F)F)c2)(c2cc(C(F)(F)F)cc(C(F)(F)F)c2)c2cc(C(F)(F)F)cc(C(F)(F)F)c2)cc(C(F)(F)F)c1.O=C(C[S+](C[N+](=O)[O-])C[N+](=O)[O-])c1ccccc1. The molecule has 0 aliphatic carbocycles. The Kier molecular flexibility index (Phi) is 17.2. The summed E-state index contributed by atoms with van der Waals surface area (Å²) in [6, 6.07) is -0.553. The van der Waals surface area contributed by atoms with Gasteiger partial charge >= 0.3 is 61.2 Å². The molecule has 5 aromatic carbocycles. The monoisotopic (exact) mass is 1130 g/mol. The molecule has 0 saturated heterocycles. The summed E-state index contributed by atoms with van der Waals surface area (Å²) >= 11 is 0. The van der Waals surface area contributed by atoms with Crippen LogP contribution in [0.3, 0.4) is 0 Å². The number of rotatable bonds is 11. The van der Waals surface area contributed by atoms with Crippen LogP contribution < -0.4 is 21.9 Å². The van der Waals surface area contributed by atoms with Crippen molar-refractivity contribution in [3.63, 3.8) is 0 Å². The number of ketones is 1. The standard InChI is InChI=1S/C32H12BF24.C10H11N2O5S/c34-25(35,36)13-1-14(26(37,38)39)6-21(5-13)33(22-7-15(27(40,41)42)2-16(8-22)28(43,44)45,23-9-17(29(46,47)48)3-18(10-23)30(49,50)51)24-11-19(31(52,53)54)4-20(12-24)32(55,56)57;13-10(9-4-2-1-3-5-9)6-18(7-11(14)15)8-12(16)17/h1-12H;1-5H,6-8H2/q-1;+1. The summed E-state index contributed by atoms with van der Waals surface area (Å²) in [5.41, 5.74) is -29.8. The fraction of sp³-hybridized carbons (Fsp3) is 0.262. The molecule has 0 spiro atoms. The molecular formula is C42H23BF24N2O5S. The van der Waals surface area contributed by atoms with Gasteiger partial charge in [-0.15, -0.1) is 0 Å². The smallest absolute Gasteiger partial charge is 0.289 e. The Balaban J connectivity index is 0.000000569. The second-order valence-corrected chi connectivity index (χ2v) is 17.7. The predicted molar refractivity (Wildman–Crippen MR) is 217 cm³/mol. The molecule has 0 saturated carbocycles. The number of nitro groups is 2. The predicted octanol–water partition coefficient (Wildman–Crippen LogP) is 12.2. The van der Waals surface area contributed by atoms with E-state index in [1.807, 2.05) is 0 Å². The van der Waals surface area contributed by atoms with Crippen LogP contribution >= 0.6 is 0 Å². The molecule has 0 atom stereocenters. The van der Waals surface area contributed by atoms with Gasteiger partial charge in [-0.25, -0.2) is 0 Å². The molecular weight excluding hydrogens is 1110 g/mol. The molecule has 0 unspecified atom stereocenters. The summed E-state index contributed by atoms with van der Waals surface area (Å²) in [6.07, 6.45) is -54.8. The van der Waals surface area contributed by atoms with E-state index in [0.29, 0.717) is 5.56 Å². The molecule has 0 N–H and O–H groups in total. The zero-order valence-electron chi connectivity index (χ0n) is 35.9. The maximum absolute atomic E-state index is 14.2. The van der Waals surface area contributed by atoms with Crippen molar-refractivity contribution in [2.75, 3.05) is 17.5 Å². The lowest BCUT2D eigenvalue weighted by atomic mass is 9.12. The van der Waals surface area contributed by atoms with Gasteiger partial charge in [-0.2, -0.15) is 127 Å². The zero-order valence-corrected chi connectivity index (χ0v) is 36.7. The van der Waals surface area contributed by atoms with E-state index < -0.39 is 227 Å². The first-order valence-corrected chi connectivity index (χ1v) is 21.3. The van der Waals surface area contributed by atoms with Gasteiger partial charge in [0.15, 0.2) is 5.75 Å². The molecule has 0 aliphatic heterocycles. The Hall–Kier alpha value is -6.70. The van der Waals surface area contributed by atoms with E-state index in [-0.39, 0.29) is 11.5 Å². The Morgan fingerprint density at radius 3 is 0.747 bits per heavy atom. The highest BCUT2D eigenvalue weighted by molar-refractivity contribution is 7.97. The number of benzene rings is 5. The maximum atomic E-state index is 14.2. The molecule has 408 valence electrons. The molecule has 0 bridgehead atoms. The molecule has 5 rings (SSSR count). The number of halogens is 24. The van der Waals surface area contributed by atoms with Crippen LogP contribution in [-0.4, -0.2) is 39.3 Å². The summed E-state index contributed by atoms with van der Waals surface area (Å²) in [5.74, 6) is -1.55. The van der Waals surface area contributed by atoms with Gasteiger partial charge in [0, 0.05) is 5.56 Å². The second-order valence-electron chi connectivity index (χ2n) is 15.7. The van der Waals surface area contributed by atoms with Crippen molar-refractivity contribution in [3.05, 3.63) is 173 Å². The van der Waals surface area contributed by atoms with Gasteiger partial charge in [-0.3, -0.25) is 25.0 Å². The summed E-state index contributed by atoms with van der Waals surface area (Å²) in [4.78, 5) is 31.3. The van der Waals surface area contributed by atoms with Gasteiger partial charge in [0.05, 0.1) is 54.4 Å². The van der Waals surface area contributed by atoms with E-state index in [2.05, 4.69) is 0 Å². The molecule has 0 radical (unpaired) electrons. The van der Waals surface area contributed by atoms with E-state index in [1.54, 1.807) is 30.3 Å². The van der Waals surface area contributed by atoms with Crippen molar-refractivity contribution in [2.24, 2.45) is 0 Å². The molecule has 33 heteroatoms. The Bertz CT molecular complexity index is 2450. The number of Topliss-reactive ketones (excluding diaryl/α,β-unsaturated/α-hetero) is 1. The van der Waals surface area contributed by atoms with Crippen molar-refractivity contribution in [2.45, 2.75) is 49.4 Å². The normalized spacial score (nSPS) is 13.3. The average Bonchev–Trinajstić information content (AvgIpc) is 3.24. The quantitative estimate of drug-likeness (QED) is 0.0327. The molecule has 7 nitrogen and oxygen atoms in total. The summed E-state index contributed by atoms with van der Waals surface area (Å²) in [7, 11) is -1.16. The van der Waals surface area contributed by atoms with Crippen LogP contribution in [0.25, 0.3) is 0 Å². The molecule has 0 fully saturated rings. The van der Waals surface area contributed by atoms with Gasteiger partial charge in [0.25, 0.3) is 0 Å². The highest BCUT2D eigenvalue weighted by Gasteiger charge is 2.47. The Morgan fingerprint density at radius 1 is 0.373 bits per heavy atom. The molecule has 0 heterocycles. The highest BCUT2D eigenvalue weighted by Crippen LogP contribution is 2.41. The average molecular weight is 1130 g/mol. The summed E-state index contributed by atoms with van der Waals surface area (Å²) in [6.45, 7) is 0. The number of carbonyl (C=O) groups is 1. The topological polar surface area (TPSA) is 103 Å². The van der Waals surface area contributed by atoms with Gasteiger partial charge in [-0.1, -0.05) is 78.9 Å². The van der Waals surface area contributed by atoms with Crippen LogP contribution in [0.1, 0.15) is 54.9 Å². The van der Waals surface area contributed by atoms with Crippen molar-refractivity contribution in [3.8, 4) is 0 Å². The van der Waals surface area contributed by atoms with Gasteiger partial charge in [0.1, 0.15) is 17.0 Å². The fourth-order valence-corrected chi connectivity index (χ4v) is 8.79. The van der Waals surface area contributed by atoms with E-state index >= 15 is 0 Å². The van der Waals surface area contributed by atoms with Crippen molar-refractivity contribution >= 4 is 44.7 Å². The highest BCUT2D eigenvalue weighted by atomic mass is 32.2. The van der Waals surface area contributed by atoms with E-state index in [1.165, 1.54) is 0 Å². The van der Waals surface area contributed by atoms with Gasteiger partial charge in [-0.05, 0) is 24.3 Å². The lowest BCUT2D eigenvalue weighted by Gasteiger charge is -2.46. The lowest BCUT2D eigenvalue weighted by molar-refractivity contribution is -0.469. The molecule has 5 aromatic rings. The van der Waals surface area contributed by atoms with Gasteiger partial charge in [0.2, 0.25) is 5.78 Å². The van der Waals surface area contributed by atoms with Crippen LogP contribution in [0, 0.1) is 20.2 Å². The van der Waals surface area contributed by atoms with Crippen LogP contribution in [0.15, 0.2) is 103 Å². The first-order chi connectivity index (χ1) is 33.7. The summed E-state index contributed by atoms with van der Waals surface area (Å²) in [5, 5.41) is 20.8. The molecule has 0 aromatic heterocycles. The number of carbonyl (C=O) groups excluding carboxylic acids is 1. The maximum Gasteiger partial charge on any atom is 0.416 e. The van der Waals surface area contributed by atoms with Crippen LogP contribution in [0.4, 0.5) is 105 Å². The first-order valence-electron chi connectivity index (χ1n) is 19.6. The molecule has 75 heavy (non-hydrogen) atoms. The number of alkyl halides is 24. The summed E-state index contributed by atoms with van der Waals surface area (Å²) < 4.78 is 341. The zero-order chi connectivity index (χ0) is 57.5. The third-order valence-electron chi connectivity index (χ3n) is 10.4. The third kappa shape index (κ3) is 15.2. The number of hydrogen-bond donors (Lipinski definition) is 0. The van der Waals surface area contributed by atoms with Crippen molar-refractivity contribution in [1.29, 1.82) is 0 Å². The van der Waals surface area contributed by atoms with Crippen molar-refractivity contribution < 1.29 is 120 Å². The Morgan fingerprint density at radius 2 is 0.573 bits per heavy atom. The van der Waals surface area contributed by atoms with E-state index in [9.17, 15) is 130 Å². The second kappa shape index (κ2) is 21.1. The van der Waals surface area contributed by atoms with Crippen LogP contribution in [0.2, 0.25) is 0 Å². The van der Waals surface area contributed by atoms with Crippen LogP contribution in [-0.2, 0) is 60.3 Å². The minimum atomic E-state index is -6.13. The van der Waals surface area contributed by atoms with E-state index in [4.69, 9.17) is 0 Å². The molecule has 0 aliphatic rings. The van der Waals surface area contributed by atoms with Gasteiger partial charge < -0.3 is 0 Å². The third-order valence-corrected chi connectivity index (χ3v) is 12.3. The minimum absolute atomic E-state index is 0.161. The molecule has 0 amide bonds. The largest absolute Gasteiger partial charge is 0.416 e. The first kappa shape index (κ1) is 60.9. The van der Waals surface area contributed by atoms with Crippen LogP contribution in [0.5, 0.6) is 0 Å². The Labute approximate surface area is 404 Å². The van der Waals surface area contributed by atoms with E-state index in [0.717, 1.165) is 0 Å².